The lowest BCUT2D eigenvalue weighted by Gasteiger charge is -2.31. The molecule has 2 aromatic rings. The van der Waals surface area contributed by atoms with Crippen molar-refractivity contribution in [3.05, 3.63) is 71.8 Å². The van der Waals surface area contributed by atoms with Gasteiger partial charge in [0, 0.05) is 12.3 Å². The highest BCUT2D eigenvalue weighted by molar-refractivity contribution is 7.99. The zero-order valence-electron chi connectivity index (χ0n) is 14.6. The maximum Gasteiger partial charge on any atom is 0.323 e. The third-order valence-electron chi connectivity index (χ3n) is 4.67. The van der Waals surface area contributed by atoms with Gasteiger partial charge in [0.2, 0.25) is 0 Å². The molecule has 0 radical (unpaired) electrons. The molecule has 4 heteroatoms. The second kappa shape index (κ2) is 9.07. The van der Waals surface area contributed by atoms with Gasteiger partial charge in [0.25, 0.3) is 0 Å². The summed E-state index contributed by atoms with van der Waals surface area (Å²) in [6.07, 6.45) is 2.96. The molecule has 1 fully saturated rings. The highest BCUT2D eigenvalue weighted by atomic mass is 32.2. The van der Waals surface area contributed by atoms with Gasteiger partial charge in [-0.2, -0.15) is 0 Å². The molecule has 0 spiro atoms. The molecule has 132 valence electrons. The van der Waals surface area contributed by atoms with Crippen LogP contribution in [0.15, 0.2) is 60.7 Å². The van der Waals surface area contributed by atoms with Gasteiger partial charge in [0.1, 0.15) is 6.04 Å². The monoisotopic (exact) mass is 355 g/mol. The number of hydrogen-bond donors (Lipinski definition) is 0. The quantitative estimate of drug-likeness (QED) is 0.699. The fourth-order valence-electron chi connectivity index (χ4n) is 3.37. The predicted octanol–water partition coefficient (Wildman–Crippen LogP) is 4.13. The minimum Gasteiger partial charge on any atom is -0.468 e. The molecule has 2 atom stereocenters. The fourth-order valence-corrected chi connectivity index (χ4v) is 4.72. The number of likely N-dealkylation sites (tertiary alicyclic amines) is 1. The molecule has 2 aromatic carbocycles. The number of benzene rings is 2. The molecule has 1 unspecified atom stereocenters. The average Bonchev–Trinajstić information content (AvgIpc) is 3.14. The molecule has 0 N–H and O–H groups in total. The third-order valence-corrected chi connectivity index (χ3v) is 6.06. The van der Waals surface area contributed by atoms with E-state index >= 15 is 0 Å². The number of ether oxygens (including phenoxy) is 1. The smallest absolute Gasteiger partial charge is 0.323 e. The summed E-state index contributed by atoms with van der Waals surface area (Å²) in [6, 6.07) is 20.5. The van der Waals surface area contributed by atoms with Crippen LogP contribution < -0.4 is 0 Å². The van der Waals surface area contributed by atoms with E-state index in [9.17, 15) is 4.79 Å². The molecule has 0 bridgehead atoms. The van der Waals surface area contributed by atoms with Gasteiger partial charge in [-0.15, -0.1) is 11.8 Å². The Bertz CT molecular complexity index is 662. The van der Waals surface area contributed by atoms with Gasteiger partial charge >= 0.3 is 5.97 Å². The van der Waals surface area contributed by atoms with Crippen LogP contribution in [0.3, 0.4) is 0 Å². The molecular formula is C21H25NO2S. The minimum atomic E-state index is -0.205. The summed E-state index contributed by atoms with van der Waals surface area (Å²) >= 11 is 1.93. The SMILES string of the molecule is COC(=O)C(Cc1ccccc1)N1CCC[C@@H]1SCc1ccccc1. The largest absolute Gasteiger partial charge is 0.468 e. The van der Waals surface area contributed by atoms with Gasteiger partial charge in [0.15, 0.2) is 0 Å². The molecular weight excluding hydrogens is 330 g/mol. The molecule has 0 aliphatic carbocycles. The predicted molar refractivity (Wildman–Crippen MR) is 103 cm³/mol. The van der Waals surface area contributed by atoms with E-state index in [1.807, 2.05) is 36.0 Å². The first kappa shape index (κ1) is 18.0. The first-order valence-corrected chi connectivity index (χ1v) is 9.86. The van der Waals surface area contributed by atoms with Crippen molar-refractivity contribution in [1.29, 1.82) is 0 Å². The van der Waals surface area contributed by atoms with Crippen LogP contribution in [0.5, 0.6) is 0 Å². The topological polar surface area (TPSA) is 29.5 Å². The summed E-state index contributed by atoms with van der Waals surface area (Å²) in [4.78, 5) is 14.8. The van der Waals surface area contributed by atoms with E-state index in [2.05, 4.69) is 41.3 Å². The van der Waals surface area contributed by atoms with E-state index in [1.54, 1.807) is 0 Å². The van der Waals surface area contributed by atoms with Crippen LogP contribution in [0.2, 0.25) is 0 Å². The average molecular weight is 356 g/mol. The van der Waals surface area contributed by atoms with Gasteiger partial charge in [-0.05, 0) is 30.4 Å². The standard InChI is InChI=1S/C21H25NO2S/c1-24-21(23)19(15-17-9-4-2-5-10-17)22-14-8-13-20(22)25-16-18-11-6-3-7-12-18/h2-7,9-12,19-20H,8,13-16H2,1H3/t19?,20-/m0/s1. The fraction of sp³-hybridized carbons (Fsp3) is 0.381. The van der Waals surface area contributed by atoms with Gasteiger partial charge in [-0.3, -0.25) is 9.69 Å². The highest BCUT2D eigenvalue weighted by Crippen LogP contribution is 2.32. The molecule has 0 aromatic heterocycles. The van der Waals surface area contributed by atoms with Crippen molar-refractivity contribution < 1.29 is 9.53 Å². The van der Waals surface area contributed by atoms with E-state index in [0.29, 0.717) is 11.8 Å². The summed E-state index contributed by atoms with van der Waals surface area (Å²) in [6.45, 7) is 0.957. The summed E-state index contributed by atoms with van der Waals surface area (Å²) in [5.74, 6) is 0.845. The van der Waals surface area contributed by atoms with Crippen molar-refractivity contribution in [2.75, 3.05) is 13.7 Å². The number of nitrogens with zero attached hydrogens (tertiary/aromatic N) is 1. The number of carbonyl (C=O) groups excluding carboxylic acids is 1. The van der Waals surface area contributed by atoms with Crippen LogP contribution in [-0.2, 0) is 21.7 Å². The van der Waals surface area contributed by atoms with Crippen molar-refractivity contribution in [2.45, 2.75) is 36.4 Å². The Kier molecular flexibility index (Phi) is 6.54. The number of methoxy groups -OCH3 is 1. The second-order valence-corrected chi connectivity index (χ2v) is 7.53. The molecule has 1 heterocycles. The highest BCUT2D eigenvalue weighted by Gasteiger charge is 2.35. The van der Waals surface area contributed by atoms with E-state index in [1.165, 1.54) is 18.2 Å². The molecule has 1 saturated heterocycles. The lowest BCUT2D eigenvalue weighted by molar-refractivity contribution is -0.146. The van der Waals surface area contributed by atoms with Gasteiger partial charge < -0.3 is 4.74 Å². The molecule has 3 nitrogen and oxygen atoms in total. The second-order valence-electron chi connectivity index (χ2n) is 6.36. The van der Waals surface area contributed by atoms with Crippen LogP contribution in [0.1, 0.15) is 24.0 Å². The first-order chi connectivity index (χ1) is 12.3. The number of carbonyl (C=O) groups is 1. The van der Waals surface area contributed by atoms with Crippen LogP contribution in [-0.4, -0.2) is 35.9 Å². The van der Waals surface area contributed by atoms with Crippen molar-refractivity contribution >= 4 is 17.7 Å². The summed E-state index contributed by atoms with van der Waals surface area (Å²) in [5.41, 5.74) is 2.51. The van der Waals surface area contributed by atoms with Crippen molar-refractivity contribution in [3.63, 3.8) is 0 Å². The lowest BCUT2D eigenvalue weighted by atomic mass is 10.1. The Morgan fingerprint density at radius 1 is 1.12 bits per heavy atom. The molecule has 25 heavy (non-hydrogen) atoms. The van der Waals surface area contributed by atoms with E-state index < -0.39 is 0 Å². The Balaban J connectivity index is 1.69. The number of hydrogen-bond acceptors (Lipinski definition) is 4. The van der Waals surface area contributed by atoms with E-state index in [-0.39, 0.29) is 12.0 Å². The first-order valence-electron chi connectivity index (χ1n) is 8.81. The Morgan fingerprint density at radius 2 is 1.76 bits per heavy atom. The third kappa shape index (κ3) is 4.86. The van der Waals surface area contributed by atoms with Gasteiger partial charge in [0.05, 0.1) is 12.5 Å². The van der Waals surface area contributed by atoms with Crippen LogP contribution in [0.4, 0.5) is 0 Å². The van der Waals surface area contributed by atoms with Crippen LogP contribution >= 0.6 is 11.8 Å². The number of rotatable bonds is 7. The van der Waals surface area contributed by atoms with Crippen molar-refractivity contribution in [3.8, 4) is 0 Å². The maximum atomic E-state index is 12.5. The normalized spacial score (nSPS) is 18.8. The van der Waals surface area contributed by atoms with E-state index in [4.69, 9.17) is 4.74 Å². The Labute approximate surface area is 154 Å². The molecule has 1 aliphatic heterocycles. The molecule has 1 aliphatic rings. The molecule has 0 saturated carbocycles. The zero-order valence-corrected chi connectivity index (χ0v) is 15.5. The number of thioether (sulfide) groups is 1. The zero-order chi connectivity index (χ0) is 17.5. The van der Waals surface area contributed by atoms with Gasteiger partial charge in [-0.1, -0.05) is 60.7 Å². The van der Waals surface area contributed by atoms with Crippen LogP contribution in [0.25, 0.3) is 0 Å². The summed E-state index contributed by atoms with van der Waals surface area (Å²) in [5, 5.41) is 0.369. The Hall–Kier alpha value is -1.78. The Morgan fingerprint density at radius 3 is 2.40 bits per heavy atom. The molecule has 0 amide bonds. The minimum absolute atomic E-state index is 0.129. The number of esters is 1. The molecule has 3 rings (SSSR count). The van der Waals surface area contributed by atoms with Gasteiger partial charge in [-0.25, -0.2) is 0 Å². The maximum absolute atomic E-state index is 12.5. The van der Waals surface area contributed by atoms with Crippen molar-refractivity contribution in [2.24, 2.45) is 0 Å². The summed E-state index contributed by atoms with van der Waals surface area (Å²) < 4.78 is 5.12. The summed E-state index contributed by atoms with van der Waals surface area (Å²) in [7, 11) is 1.49. The van der Waals surface area contributed by atoms with Crippen LogP contribution in [0, 0.1) is 0 Å². The lowest BCUT2D eigenvalue weighted by Crippen LogP contribution is -2.45. The van der Waals surface area contributed by atoms with Crippen molar-refractivity contribution in [1.82, 2.24) is 4.90 Å². The van der Waals surface area contributed by atoms with E-state index in [0.717, 1.165) is 25.1 Å².